The molecule has 0 aromatic heterocycles. The Balaban J connectivity index is 2.60. The van der Waals surface area contributed by atoms with Crippen molar-refractivity contribution in [2.24, 2.45) is 5.92 Å². The molecule has 1 aliphatic rings. The molecule has 0 aromatic carbocycles. The van der Waals surface area contributed by atoms with Crippen molar-refractivity contribution in [1.82, 2.24) is 0 Å². The fourth-order valence-electron chi connectivity index (χ4n) is 4.58. The third kappa shape index (κ3) is 16.0. The summed E-state index contributed by atoms with van der Waals surface area (Å²) in [6, 6.07) is 0. The quantitative estimate of drug-likeness (QED) is 0.178. The molecule has 1 N–H and O–H groups in total. The first-order valence-corrected chi connectivity index (χ1v) is 15.1. The average Bonchev–Trinajstić information content (AvgIpc) is 3.19. The van der Waals surface area contributed by atoms with E-state index in [1.165, 1.54) is 44.6 Å². The van der Waals surface area contributed by atoms with Crippen LogP contribution in [-0.2, 0) is 0 Å². The van der Waals surface area contributed by atoms with Crippen LogP contribution in [-0.4, -0.2) is 10.7 Å². The van der Waals surface area contributed by atoms with Crippen LogP contribution in [0.25, 0.3) is 0 Å². The van der Waals surface area contributed by atoms with Crippen molar-refractivity contribution < 1.29 is 5.11 Å². The van der Waals surface area contributed by atoms with Crippen LogP contribution in [0.5, 0.6) is 0 Å². The normalized spacial score (nSPS) is 22.1. The maximum absolute atomic E-state index is 10.8. The second kappa shape index (κ2) is 19.1. The van der Waals surface area contributed by atoms with Crippen molar-refractivity contribution in [1.29, 1.82) is 0 Å². The van der Waals surface area contributed by atoms with E-state index in [0.717, 1.165) is 25.7 Å². The molecule has 0 amide bonds. The molecule has 0 heterocycles. The van der Waals surface area contributed by atoms with Gasteiger partial charge >= 0.3 is 0 Å². The van der Waals surface area contributed by atoms with Gasteiger partial charge in [0.25, 0.3) is 0 Å². The van der Waals surface area contributed by atoms with Gasteiger partial charge in [-0.25, -0.2) is 0 Å². The van der Waals surface area contributed by atoms with Crippen molar-refractivity contribution >= 4 is 0 Å². The summed E-state index contributed by atoms with van der Waals surface area (Å²) < 4.78 is 0. The highest BCUT2D eigenvalue weighted by Gasteiger charge is 2.38. The van der Waals surface area contributed by atoms with Gasteiger partial charge in [0.05, 0.1) is 5.60 Å². The van der Waals surface area contributed by atoms with Crippen LogP contribution in [0.4, 0.5) is 0 Å². The van der Waals surface area contributed by atoms with E-state index in [1.807, 2.05) is 6.92 Å². The van der Waals surface area contributed by atoms with E-state index in [9.17, 15) is 5.11 Å². The van der Waals surface area contributed by atoms with Crippen LogP contribution < -0.4 is 0 Å². The van der Waals surface area contributed by atoms with E-state index >= 15 is 0 Å². The molecule has 1 aliphatic carbocycles. The largest absolute Gasteiger partial charge is 0.389 e. The van der Waals surface area contributed by atoms with Gasteiger partial charge in [0, 0.05) is 5.92 Å². The Morgan fingerprint density at radius 3 is 1.63 bits per heavy atom. The predicted molar refractivity (Wildman–Crippen MR) is 185 cm³/mol. The summed E-state index contributed by atoms with van der Waals surface area (Å²) in [5.74, 6) is 0.106. The van der Waals surface area contributed by atoms with Gasteiger partial charge in [-0.15, -0.1) is 0 Å². The fraction of sp³-hybridized carbons (Fsp3) is 0.400. The lowest BCUT2D eigenvalue weighted by molar-refractivity contribution is 0.0444. The van der Waals surface area contributed by atoms with Gasteiger partial charge in [-0.3, -0.25) is 0 Å². The summed E-state index contributed by atoms with van der Waals surface area (Å²) in [4.78, 5) is 0. The van der Waals surface area contributed by atoms with Crippen LogP contribution in [0.15, 0.2) is 142 Å². The minimum atomic E-state index is -0.650. The van der Waals surface area contributed by atoms with Gasteiger partial charge in [-0.2, -0.15) is 0 Å². The molecule has 2 atom stereocenters. The van der Waals surface area contributed by atoms with Gasteiger partial charge in [0.1, 0.15) is 0 Å². The number of rotatable bonds is 13. The van der Waals surface area contributed by atoms with Crippen molar-refractivity contribution in [3.05, 3.63) is 142 Å². The second-order valence-corrected chi connectivity index (χ2v) is 12.2. The average molecular weight is 553 g/mol. The Bertz CT molecular complexity index is 1210. The zero-order valence-corrected chi connectivity index (χ0v) is 27.6. The Hall–Kier alpha value is -3.16. The third-order valence-electron chi connectivity index (χ3n) is 7.24. The van der Waals surface area contributed by atoms with Crippen LogP contribution in [0.1, 0.15) is 94.9 Å². The molecule has 0 aromatic rings. The maximum Gasteiger partial charge on any atom is 0.0722 e. The van der Waals surface area contributed by atoms with E-state index in [4.69, 9.17) is 0 Å². The molecule has 0 radical (unpaired) electrons. The Morgan fingerprint density at radius 2 is 1.15 bits per heavy atom. The first-order valence-electron chi connectivity index (χ1n) is 15.1. The molecule has 41 heavy (non-hydrogen) atoms. The molecule has 0 bridgehead atoms. The van der Waals surface area contributed by atoms with Crippen LogP contribution >= 0.6 is 0 Å². The molecule has 1 saturated carbocycles. The lowest BCUT2D eigenvalue weighted by Gasteiger charge is -2.24. The summed E-state index contributed by atoms with van der Waals surface area (Å²) in [5, 5.41) is 10.8. The lowest BCUT2D eigenvalue weighted by atomic mass is 9.88. The van der Waals surface area contributed by atoms with Crippen LogP contribution in [0.2, 0.25) is 0 Å². The first-order chi connectivity index (χ1) is 19.3. The predicted octanol–water partition coefficient (Wildman–Crippen LogP) is 11.7. The van der Waals surface area contributed by atoms with Crippen molar-refractivity contribution in [3.8, 4) is 0 Å². The number of hydrogen-bond donors (Lipinski definition) is 1. The summed E-state index contributed by atoms with van der Waals surface area (Å²) in [6.07, 6.45) is 38.2. The van der Waals surface area contributed by atoms with Crippen molar-refractivity contribution in [3.63, 3.8) is 0 Å². The highest BCUT2D eigenvalue weighted by atomic mass is 16.3. The maximum atomic E-state index is 10.8. The monoisotopic (exact) mass is 552 g/mol. The SMILES string of the molecule is CC(C)=CCCC(C)=CC=CC(C)=CC=CC(C)=CC=CC=C(C)C=CC=C(C)C=CC1C(=C(C)C)CCC1(C)O. The molecular weight excluding hydrogens is 496 g/mol. The van der Waals surface area contributed by atoms with E-state index in [0.29, 0.717) is 0 Å². The first kappa shape index (κ1) is 35.9. The molecule has 2 unspecified atom stereocenters. The third-order valence-corrected chi connectivity index (χ3v) is 7.24. The molecule has 0 saturated heterocycles. The van der Waals surface area contributed by atoms with E-state index < -0.39 is 5.60 Å². The molecular formula is C40H56O. The summed E-state index contributed by atoms with van der Waals surface area (Å²) >= 11 is 0. The molecule has 0 spiro atoms. The Labute approximate surface area is 252 Å². The standard InChI is InChI=1S/C40H56O/c1-31(2)17-13-20-35(7)23-15-25-36(8)24-14-21-33(5)18-11-12-19-34(6)22-16-26-37(9)27-28-39-38(32(3)4)29-30-40(39,10)41/h11-12,14-19,21-28,39,41H,13,20,29-30H2,1-10H3. The molecule has 1 heteroatoms. The van der Waals surface area contributed by atoms with Gasteiger partial charge in [0.15, 0.2) is 0 Å². The summed E-state index contributed by atoms with van der Waals surface area (Å²) in [7, 11) is 0. The van der Waals surface area contributed by atoms with Crippen molar-refractivity contribution in [2.75, 3.05) is 0 Å². The Morgan fingerprint density at radius 1 is 0.683 bits per heavy atom. The van der Waals surface area contributed by atoms with Gasteiger partial charge in [-0.1, -0.05) is 142 Å². The molecule has 1 nitrogen and oxygen atoms in total. The molecule has 1 rings (SSSR count). The molecule has 1 fully saturated rings. The smallest absolute Gasteiger partial charge is 0.0722 e. The summed E-state index contributed by atoms with van der Waals surface area (Å²) in [5.41, 5.74) is 9.64. The lowest BCUT2D eigenvalue weighted by Crippen LogP contribution is -2.28. The minimum absolute atomic E-state index is 0.106. The number of hydrogen-bond acceptors (Lipinski definition) is 1. The number of allylic oxidation sites excluding steroid dienone is 22. The van der Waals surface area contributed by atoms with Crippen LogP contribution in [0.3, 0.4) is 0 Å². The fourth-order valence-corrected chi connectivity index (χ4v) is 4.58. The van der Waals surface area contributed by atoms with E-state index in [1.54, 1.807) is 0 Å². The number of aliphatic hydroxyl groups is 1. The topological polar surface area (TPSA) is 20.2 Å². The highest BCUT2D eigenvalue weighted by molar-refractivity contribution is 5.34. The van der Waals surface area contributed by atoms with Crippen LogP contribution in [0, 0.1) is 5.92 Å². The van der Waals surface area contributed by atoms with Crippen molar-refractivity contribution in [2.45, 2.75) is 101 Å². The Kier molecular flexibility index (Phi) is 16.7. The van der Waals surface area contributed by atoms with E-state index in [2.05, 4.69) is 160 Å². The van der Waals surface area contributed by atoms with Gasteiger partial charge in [-0.05, 0) is 94.9 Å². The second-order valence-electron chi connectivity index (χ2n) is 12.2. The zero-order valence-electron chi connectivity index (χ0n) is 27.6. The minimum Gasteiger partial charge on any atom is -0.389 e. The van der Waals surface area contributed by atoms with Gasteiger partial charge < -0.3 is 5.11 Å². The van der Waals surface area contributed by atoms with Gasteiger partial charge in [0.2, 0.25) is 0 Å². The van der Waals surface area contributed by atoms with E-state index in [-0.39, 0.29) is 5.92 Å². The molecule has 222 valence electrons. The molecule has 0 aliphatic heterocycles. The highest BCUT2D eigenvalue weighted by Crippen LogP contribution is 2.42. The zero-order chi connectivity index (χ0) is 30.8. The summed E-state index contributed by atoms with van der Waals surface area (Å²) in [6.45, 7) is 21.2.